The summed E-state index contributed by atoms with van der Waals surface area (Å²) in [5, 5.41) is 2.76. The minimum absolute atomic E-state index is 0.0587. The number of aliphatic imine (C=N–C) groups is 1. The third kappa shape index (κ3) is 4.87. The van der Waals surface area contributed by atoms with E-state index in [1.807, 2.05) is 36.0 Å². The highest BCUT2D eigenvalue weighted by atomic mass is 32.2. The van der Waals surface area contributed by atoms with Crippen LogP contribution in [0.4, 0.5) is 0 Å². The van der Waals surface area contributed by atoms with Crippen molar-refractivity contribution < 1.29 is 19.1 Å². The molecule has 7 nitrogen and oxygen atoms in total. The average molecular weight is 470 g/mol. The number of esters is 1. The summed E-state index contributed by atoms with van der Waals surface area (Å²) >= 11 is 1.49. The Labute approximate surface area is 199 Å². The number of morpholine rings is 1. The molecule has 176 valence electrons. The molecule has 0 radical (unpaired) electrons. The zero-order valence-electron chi connectivity index (χ0n) is 19.9. The fourth-order valence-electron chi connectivity index (χ4n) is 4.41. The third-order valence-electron chi connectivity index (χ3n) is 5.98. The van der Waals surface area contributed by atoms with E-state index in [4.69, 9.17) is 14.5 Å². The van der Waals surface area contributed by atoms with E-state index in [1.54, 1.807) is 0 Å². The second-order valence-corrected chi connectivity index (χ2v) is 9.71. The number of ether oxygens (including phenoxy) is 2. The summed E-state index contributed by atoms with van der Waals surface area (Å²) in [6.45, 7) is 12.0. The molecule has 1 saturated heterocycles. The van der Waals surface area contributed by atoms with Gasteiger partial charge in [0.25, 0.3) is 0 Å². The molecule has 3 aliphatic rings. The Bertz CT molecular complexity index is 1050. The van der Waals surface area contributed by atoms with Gasteiger partial charge in [-0.3, -0.25) is 4.79 Å². The van der Waals surface area contributed by atoms with Gasteiger partial charge in [0.05, 0.1) is 43.1 Å². The molecule has 33 heavy (non-hydrogen) atoms. The third-order valence-corrected chi connectivity index (χ3v) is 6.87. The van der Waals surface area contributed by atoms with E-state index in [0.717, 1.165) is 27.6 Å². The van der Waals surface area contributed by atoms with Crippen LogP contribution < -0.4 is 0 Å². The fourth-order valence-corrected chi connectivity index (χ4v) is 5.38. The van der Waals surface area contributed by atoms with Crippen molar-refractivity contribution in [2.45, 2.75) is 53.2 Å². The molecule has 0 saturated carbocycles. The first kappa shape index (κ1) is 23.6. The lowest BCUT2D eigenvalue weighted by Crippen LogP contribution is -2.42. The Morgan fingerprint density at radius 3 is 2.61 bits per heavy atom. The van der Waals surface area contributed by atoms with Crippen molar-refractivity contribution in [2.75, 3.05) is 26.3 Å². The molecule has 1 aromatic carbocycles. The smallest absolute Gasteiger partial charge is 0.338 e. The number of thioether (sulfide) groups is 1. The van der Waals surface area contributed by atoms with Crippen molar-refractivity contribution in [1.29, 1.82) is 0 Å². The van der Waals surface area contributed by atoms with Gasteiger partial charge in [-0.05, 0) is 51.2 Å². The first-order valence-corrected chi connectivity index (χ1v) is 12.2. The number of rotatable bonds is 5. The van der Waals surface area contributed by atoms with Crippen LogP contribution in [0, 0.1) is 13.8 Å². The largest absolute Gasteiger partial charge is 0.459 e. The predicted octanol–water partition coefficient (Wildman–Crippen LogP) is 4.08. The number of nitrogens with zero attached hydrogens (tertiary/aromatic N) is 3. The van der Waals surface area contributed by atoms with Crippen LogP contribution in [0.15, 0.2) is 45.6 Å². The quantitative estimate of drug-likeness (QED) is 0.605. The van der Waals surface area contributed by atoms with Crippen LogP contribution in [0.3, 0.4) is 0 Å². The van der Waals surface area contributed by atoms with Crippen molar-refractivity contribution in [3.63, 3.8) is 0 Å². The average Bonchev–Trinajstić information content (AvgIpc) is 3.15. The van der Waals surface area contributed by atoms with Gasteiger partial charge in [0.1, 0.15) is 0 Å². The summed E-state index contributed by atoms with van der Waals surface area (Å²) in [5.74, 6) is -0.311. The fraction of sp³-hybridized carbons (Fsp3) is 0.480. The van der Waals surface area contributed by atoms with E-state index < -0.39 is 6.04 Å². The molecule has 0 unspecified atom stereocenters. The molecule has 3 aliphatic heterocycles. The molecule has 8 heteroatoms. The van der Waals surface area contributed by atoms with Crippen LogP contribution in [-0.2, 0) is 19.1 Å². The molecular weight excluding hydrogens is 438 g/mol. The Morgan fingerprint density at radius 1 is 1.21 bits per heavy atom. The molecule has 1 amide bonds. The summed E-state index contributed by atoms with van der Waals surface area (Å²) in [6.07, 6.45) is 0.00715. The van der Waals surface area contributed by atoms with Gasteiger partial charge in [-0.1, -0.05) is 35.5 Å². The number of amidine groups is 1. The van der Waals surface area contributed by atoms with Crippen LogP contribution in [0.25, 0.3) is 0 Å². The number of aryl methyl sites for hydroxylation is 2. The minimum atomic E-state index is -0.400. The van der Waals surface area contributed by atoms with Gasteiger partial charge in [-0.25, -0.2) is 9.79 Å². The standard InChI is InChI=1S/C25H31N3O4S/c1-15(2)32-24(30)22-18(5)26-25-28(23(22)20-7-6-16(3)12-17(20)4)19(14-33-25)13-21(29)27-8-10-31-11-9-27/h6-7,12,14-15,23H,8-11,13H2,1-5H3/t23-/m1/s1. The van der Waals surface area contributed by atoms with Crippen LogP contribution in [0.5, 0.6) is 0 Å². The highest BCUT2D eigenvalue weighted by molar-refractivity contribution is 8.16. The molecule has 3 heterocycles. The van der Waals surface area contributed by atoms with Crippen LogP contribution in [-0.4, -0.2) is 59.3 Å². The van der Waals surface area contributed by atoms with Crippen LogP contribution in [0.1, 0.15) is 49.9 Å². The summed E-state index contributed by atoms with van der Waals surface area (Å²) in [5.41, 5.74) is 5.27. The van der Waals surface area contributed by atoms with Crippen molar-refractivity contribution in [3.8, 4) is 0 Å². The summed E-state index contributed by atoms with van der Waals surface area (Å²) < 4.78 is 11.0. The highest BCUT2D eigenvalue weighted by Crippen LogP contribution is 2.45. The Balaban J connectivity index is 1.73. The summed E-state index contributed by atoms with van der Waals surface area (Å²) in [7, 11) is 0. The number of amides is 1. The van der Waals surface area contributed by atoms with Gasteiger partial charge in [0.2, 0.25) is 5.91 Å². The van der Waals surface area contributed by atoms with Gasteiger partial charge in [0, 0.05) is 18.8 Å². The second kappa shape index (κ2) is 9.73. The molecule has 1 atom stereocenters. The van der Waals surface area contributed by atoms with E-state index in [2.05, 4.69) is 32.0 Å². The lowest BCUT2D eigenvalue weighted by Gasteiger charge is -2.37. The van der Waals surface area contributed by atoms with Gasteiger partial charge >= 0.3 is 5.97 Å². The molecule has 0 N–H and O–H groups in total. The van der Waals surface area contributed by atoms with E-state index in [-0.39, 0.29) is 24.4 Å². The summed E-state index contributed by atoms with van der Waals surface area (Å²) in [4.78, 5) is 34.9. The van der Waals surface area contributed by atoms with Gasteiger partial charge < -0.3 is 19.3 Å². The number of allylic oxidation sites excluding steroid dienone is 1. The molecule has 0 bridgehead atoms. The first-order valence-electron chi connectivity index (χ1n) is 11.3. The van der Waals surface area contributed by atoms with Crippen molar-refractivity contribution in [1.82, 2.24) is 9.80 Å². The number of fused-ring (bicyclic) bond motifs is 1. The predicted molar refractivity (Wildman–Crippen MR) is 130 cm³/mol. The van der Waals surface area contributed by atoms with Crippen molar-refractivity contribution >= 4 is 28.8 Å². The van der Waals surface area contributed by atoms with Crippen LogP contribution >= 0.6 is 11.8 Å². The minimum Gasteiger partial charge on any atom is -0.459 e. The lowest BCUT2D eigenvalue weighted by atomic mass is 9.90. The SMILES string of the molecule is CC1=C(C(=O)OC(C)C)[C@@H](c2ccc(C)cc2C)N2C(CC(=O)N3CCOCC3)=CSC2=N1. The maximum Gasteiger partial charge on any atom is 0.338 e. The maximum absolute atomic E-state index is 13.3. The second-order valence-electron chi connectivity index (χ2n) is 8.88. The number of hydrogen-bond acceptors (Lipinski definition) is 7. The van der Waals surface area contributed by atoms with E-state index >= 15 is 0 Å². The van der Waals surface area contributed by atoms with Crippen molar-refractivity contribution in [3.05, 3.63) is 57.3 Å². The van der Waals surface area contributed by atoms with E-state index in [0.29, 0.717) is 37.6 Å². The van der Waals surface area contributed by atoms with E-state index in [9.17, 15) is 9.59 Å². The number of carbonyl (C=O) groups excluding carboxylic acids is 2. The summed E-state index contributed by atoms with van der Waals surface area (Å²) in [6, 6.07) is 5.84. The van der Waals surface area contributed by atoms with Gasteiger partial charge in [-0.15, -0.1) is 0 Å². The monoisotopic (exact) mass is 469 g/mol. The number of benzene rings is 1. The maximum atomic E-state index is 13.3. The zero-order chi connectivity index (χ0) is 23.7. The molecule has 1 aromatic rings. The zero-order valence-corrected chi connectivity index (χ0v) is 20.7. The van der Waals surface area contributed by atoms with Crippen LogP contribution in [0.2, 0.25) is 0 Å². The van der Waals surface area contributed by atoms with Crippen molar-refractivity contribution in [2.24, 2.45) is 4.99 Å². The molecule has 0 aliphatic carbocycles. The van der Waals surface area contributed by atoms with E-state index in [1.165, 1.54) is 11.8 Å². The normalized spacial score (nSPS) is 20.6. The molecule has 4 rings (SSSR count). The lowest BCUT2D eigenvalue weighted by molar-refractivity contribution is -0.143. The Kier molecular flexibility index (Phi) is 6.95. The topological polar surface area (TPSA) is 71.4 Å². The first-order chi connectivity index (χ1) is 15.8. The molecule has 0 aromatic heterocycles. The Hall–Kier alpha value is -2.58. The number of carbonyl (C=O) groups is 2. The Morgan fingerprint density at radius 2 is 1.94 bits per heavy atom. The molecule has 1 fully saturated rings. The highest BCUT2D eigenvalue weighted by Gasteiger charge is 2.42. The van der Waals surface area contributed by atoms with Gasteiger partial charge in [0.15, 0.2) is 5.17 Å². The molecule has 0 spiro atoms. The number of hydrogen-bond donors (Lipinski definition) is 0. The van der Waals surface area contributed by atoms with Gasteiger partial charge in [-0.2, -0.15) is 0 Å². The molecular formula is C25H31N3O4S.